The summed E-state index contributed by atoms with van der Waals surface area (Å²) in [6, 6.07) is 12.1. The highest BCUT2D eigenvalue weighted by Gasteiger charge is 2.18. The van der Waals surface area contributed by atoms with E-state index < -0.39 is 10.0 Å². The summed E-state index contributed by atoms with van der Waals surface area (Å²) in [6.45, 7) is 5.70. The third-order valence-electron chi connectivity index (χ3n) is 3.25. The summed E-state index contributed by atoms with van der Waals surface area (Å²) in [5, 5.41) is 3.83. The van der Waals surface area contributed by atoms with Crippen LogP contribution in [0.25, 0.3) is 0 Å². The summed E-state index contributed by atoms with van der Waals surface area (Å²) < 4.78 is 35.5. The molecule has 0 saturated heterocycles. The van der Waals surface area contributed by atoms with Crippen molar-refractivity contribution in [2.24, 2.45) is 5.10 Å². The molecular weight excluding hydrogens is 340 g/mol. The number of hydrazone groups is 1. The van der Waals surface area contributed by atoms with Crippen molar-refractivity contribution in [3.05, 3.63) is 53.6 Å². The highest BCUT2D eigenvalue weighted by Crippen LogP contribution is 2.24. The topological polar surface area (TPSA) is 77.0 Å². The van der Waals surface area contributed by atoms with Gasteiger partial charge < -0.3 is 9.47 Å². The number of hydrogen-bond acceptors (Lipinski definition) is 5. The minimum absolute atomic E-state index is 0.0489. The van der Waals surface area contributed by atoms with Crippen LogP contribution in [0.1, 0.15) is 25.0 Å². The predicted octanol–water partition coefficient (Wildman–Crippen LogP) is 3.10. The maximum atomic E-state index is 12.4. The Balaban J connectivity index is 2.11. The Morgan fingerprint density at radius 2 is 1.80 bits per heavy atom. The van der Waals surface area contributed by atoms with Crippen LogP contribution in [0.4, 0.5) is 0 Å². The van der Waals surface area contributed by atoms with Gasteiger partial charge in [-0.25, -0.2) is 0 Å². The highest BCUT2D eigenvalue weighted by atomic mass is 32.2. The van der Waals surface area contributed by atoms with E-state index in [1.165, 1.54) is 19.4 Å². The third kappa shape index (κ3) is 5.22. The van der Waals surface area contributed by atoms with Gasteiger partial charge in [-0.05, 0) is 68.3 Å². The van der Waals surface area contributed by atoms with Crippen LogP contribution in [0, 0.1) is 6.92 Å². The van der Waals surface area contributed by atoms with Crippen molar-refractivity contribution in [2.75, 3.05) is 7.11 Å². The Morgan fingerprint density at radius 3 is 2.40 bits per heavy atom. The predicted molar refractivity (Wildman–Crippen MR) is 97.9 cm³/mol. The summed E-state index contributed by atoms with van der Waals surface area (Å²) in [6.07, 6.45) is 1.52. The number of nitrogens with zero attached hydrogens (tertiary/aromatic N) is 1. The molecule has 0 unspecified atom stereocenters. The molecule has 0 aliphatic heterocycles. The zero-order chi connectivity index (χ0) is 18.4. The standard InChI is InChI=1S/C18H22N2O4S/c1-13(2)24-16-8-6-15(7-9-16)12-19-20-25(21,22)18-11-14(3)5-10-17(18)23-4/h5-13,20H,1-4H3/b19-12+. The molecule has 0 fully saturated rings. The lowest BCUT2D eigenvalue weighted by atomic mass is 10.2. The molecule has 0 spiro atoms. The first kappa shape index (κ1) is 18.8. The van der Waals surface area contributed by atoms with Crippen molar-refractivity contribution in [1.82, 2.24) is 4.83 Å². The Bertz CT molecular complexity index is 844. The number of benzene rings is 2. The van der Waals surface area contributed by atoms with Crippen LogP contribution < -0.4 is 14.3 Å². The average molecular weight is 362 g/mol. The lowest BCUT2D eigenvalue weighted by Gasteiger charge is -2.10. The summed E-state index contributed by atoms with van der Waals surface area (Å²) in [7, 11) is -2.39. The van der Waals surface area contributed by atoms with Gasteiger partial charge >= 0.3 is 0 Å². The molecule has 0 aliphatic carbocycles. The van der Waals surface area contributed by atoms with Crippen LogP contribution in [0.2, 0.25) is 0 Å². The third-order valence-corrected chi connectivity index (χ3v) is 4.49. The molecule has 2 rings (SSSR count). The van der Waals surface area contributed by atoms with Gasteiger partial charge in [-0.1, -0.05) is 6.07 Å². The zero-order valence-corrected chi connectivity index (χ0v) is 15.5. The van der Waals surface area contributed by atoms with Crippen molar-refractivity contribution in [3.63, 3.8) is 0 Å². The van der Waals surface area contributed by atoms with E-state index in [4.69, 9.17) is 9.47 Å². The molecule has 0 bridgehead atoms. The quantitative estimate of drug-likeness (QED) is 0.606. The molecule has 0 saturated carbocycles. The van der Waals surface area contributed by atoms with E-state index in [1.807, 2.05) is 20.8 Å². The molecule has 0 aromatic heterocycles. The van der Waals surface area contributed by atoms with E-state index >= 15 is 0 Å². The fourth-order valence-corrected chi connectivity index (χ4v) is 3.17. The van der Waals surface area contributed by atoms with Crippen LogP contribution >= 0.6 is 0 Å². The van der Waals surface area contributed by atoms with E-state index in [1.54, 1.807) is 36.4 Å². The molecule has 25 heavy (non-hydrogen) atoms. The van der Waals surface area contributed by atoms with Gasteiger partial charge in [0.15, 0.2) is 0 Å². The van der Waals surface area contributed by atoms with Crippen molar-refractivity contribution in [3.8, 4) is 11.5 Å². The van der Waals surface area contributed by atoms with Crippen LogP contribution in [-0.4, -0.2) is 27.8 Å². The fourth-order valence-electron chi connectivity index (χ4n) is 2.12. The van der Waals surface area contributed by atoms with Gasteiger partial charge in [-0.2, -0.15) is 18.4 Å². The average Bonchev–Trinajstić information content (AvgIpc) is 2.56. The molecule has 7 heteroatoms. The van der Waals surface area contributed by atoms with Crippen molar-refractivity contribution in [2.45, 2.75) is 31.8 Å². The second kappa shape index (κ2) is 8.02. The van der Waals surface area contributed by atoms with E-state index in [2.05, 4.69) is 9.93 Å². The lowest BCUT2D eigenvalue weighted by molar-refractivity contribution is 0.242. The minimum atomic E-state index is -3.82. The lowest BCUT2D eigenvalue weighted by Crippen LogP contribution is -2.19. The van der Waals surface area contributed by atoms with E-state index in [9.17, 15) is 8.42 Å². The van der Waals surface area contributed by atoms with E-state index in [0.29, 0.717) is 0 Å². The maximum Gasteiger partial charge on any atom is 0.280 e. The normalized spacial score (nSPS) is 11.7. The fraction of sp³-hybridized carbons (Fsp3) is 0.278. The minimum Gasteiger partial charge on any atom is -0.495 e. The number of rotatable bonds is 7. The number of sulfonamides is 1. The first-order valence-corrected chi connectivity index (χ1v) is 9.26. The van der Waals surface area contributed by atoms with E-state index in [-0.39, 0.29) is 16.7 Å². The Labute approximate surface area is 148 Å². The van der Waals surface area contributed by atoms with Crippen LogP contribution in [0.5, 0.6) is 11.5 Å². The van der Waals surface area contributed by atoms with Crippen LogP contribution in [-0.2, 0) is 10.0 Å². The summed E-state index contributed by atoms with van der Waals surface area (Å²) in [5.41, 5.74) is 1.56. The zero-order valence-electron chi connectivity index (χ0n) is 14.7. The van der Waals surface area contributed by atoms with Crippen LogP contribution in [0.3, 0.4) is 0 Å². The van der Waals surface area contributed by atoms with Crippen molar-refractivity contribution in [1.29, 1.82) is 0 Å². The molecule has 2 aromatic rings. The van der Waals surface area contributed by atoms with Gasteiger partial charge in [0.05, 0.1) is 19.4 Å². The Kier molecular flexibility index (Phi) is 6.03. The van der Waals surface area contributed by atoms with Crippen molar-refractivity contribution < 1.29 is 17.9 Å². The number of nitrogens with one attached hydrogen (secondary N) is 1. The molecule has 0 atom stereocenters. The maximum absolute atomic E-state index is 12.4. The highest BCUT2D eigenvalue weighted by molar-refractivity contribution is 7.89. The molecule has 0 heterocycles. The van der Waals surface area contributed by atoms with E-state index in [0.717, 1.165) is 16.9 Å². The largest absolute Gasteiger partial charge is 0.495 e. The molecule has 0 amide bonds. The first-order chi connectivity index (χ1) is 11.8. The van der Waals surface area contributed by atoms with Gasteiger partial charge in [0, 0.05) is 0 Å². The van der Waals surface area contributed by atoms with Crippen molar-refractivity contribution >= 4 is 16.2 Å². The molecule has 0 radical (unpaired) electrons. The molecule has 1 N–H and O–H groups in total. The number of methoxy groups -OCH3 is 1. The van der Waals surface area contributed by atoms with Gasteiger partial charge in [-0.15, -0.1) is 0 Å². The molecule has 2 aromatic carbocycles. The van der Waals surface area contributed by atoms with Crippen LogP contribution in [0.15, 0.2) is 52.5 Å². The van der Waals surface area contributed by atoms with Gasteiger partial charge in [-0.3, -0.25) is 0 Å². The SMILES string of the molecule is COc1ccc(C)cc1S(=O)(=O)N/N=C/c1ccc(OC(C)C)cc1. The number of ether oxygens (including phenoxy) is 2. The second-order valence-electron chi connectivity index (χ2n) is 5.74. The summed E-state index contributed by atoms with van der Waals surface area (Å²) in [4.78, 5) is 2.25. The second-order valence-corrected chi connectivity index (χ2v) is 7.37. The molecule has 6 nitrogen and oxygen atoms in total. The Hall–Kier alpha value is -2.54. The van der Waals surface area contributed by atoms with Gasteiger partial charge in [0.2, 0.25) is 0 Å². The molecule has 134 valence electrons. The number of aryl methyl sites for hydroxylation is 1. The van der Waals surface area contributed by atoms with Gasteiger partial charge in [0.1, 0.15) is 16.4 Å². The summed E-state index contributed by atoms with van der Waals surface area (Å²) >= 11 is 0. The number of hydrogen-bond donors (Lipinski definition) is 1. The monoisotopic (exact) mass is 362 g/mol. The first-order valence-electron chi connectivity index (χ1n) is 7.78. The Morgan fingerprint density at radius 1 is 1.12 bits per heavy atom. The smallest absolute Gasteiger partial charge is 0.280 e. The molecule has 0 aliphatic rings. The molecular formula is C18H22N2O4S. The van der Waals surface area contributed by atoms with Gasteiger partial charge in [0.25, 0.3) is 10.0 Å². The summed E-state index contributed by atoms with van der Waals surface area (Å²) in [5.74, 6) is 1.01.